The Morgan fingerprint density at radius 3 is 2.84 bits per heavy atom. The highest BCUT2D eigenvalue weighted by Crippen LogP contribution is 2.37. The van der Waals surface area contributed by atoms with E-state index in [1.165, 1.54) is 16.2 Å². The van der Waals surface area contributed by atoms with Crippen LogP contribution in [0, 0.1) is 0 Å². The van der Waals surface area contributed by atoms with E-state index in [2.05, 4.69) is 10.3 Å². The number of rotatable bonds is 4. The second kappa shape index (κ2) is 5.66. The fraction of sp³-hybridized carbons (Fsp3) is 0.750. The summed E-state index contributed by atoms with van der Waals surface area (Å²) in [6, 6.07) is 0.297. The van der Waals surface area contributed by atoms with Crippen LogP contribution in [0.3, 0.4) is 0 Å². The molecule has 0 aliphatic heterocycles. The van der Waals surface area contributed by atoms with Gasteiger partial charge in [-0.3, -0.25) is 0 Å². The number of fused-ring (bicyclic) bond motifs is 1. The number of nitrogens with zero attached hydrogens (tertiary/aromatic N) is 2. The minimum absolute atomic E-state index is 0.0416. The Kier molecular flexibility index (Phi) is 4.35. The van der Waals surface area contributed by atoms with Crippen molar-refractivity contribution in [2.75, 3.05) is 25.5 Å². The molecular formula is C12H18F3N3S. The van der Waals surface area contributed by atoms with Crippen LogP contribution in [0.1, 0.15) is 35.9 Å². The van der Waals surface area contributed by atoms with Crippen LogP contribution in [-0.4, -0.2) is 31.8 Å². The van der Waals surface area contributed by atoms with Gasteiger partial charge in [-0.05, 0) is 26.3 Å². The maximum atomic E-state index is 12.2. The van der Waals surface area contributed by atoms with Crippen LogP contribution in [0.4, 0.5) is 18.3 Å². The van der Waals surface area contributed by atoms with E-state index in [1.807, 2.05) is 7.05 Å². The maximum absolute atomic E-state index is 12.2. The van der Waals surface area contributed by atoms with Gasteiger partial charge < -0.3 is 10.2 Å². The van der Waals surface area contributed by atoms with Crippen molar-refractivity contribution in [3.63, 3.8) is 0 Å². The Morgan fingerprint density at radius 2 is 2.21 bits per heavy atom. The molecule has 7 heteroatoms. The van der Waals surface area contributed by atoms with Crippen LogP contribution in [-0.2, 0) is 6.42 Å². The van der Waals surface area contributed by atoms with E-state index in [9.17, 15) is 13.2 Å². The topological polar surface area (TPSA) is 28.2 Å². The van der Waals surface area contributed by atoms with Gasteiger partial charge in [-0.15, -0.1) is 0 Å². The molecule has 19 heavy (non-hydrogen) atoms. The fourth-order valence-corrected chi connectivity index (χ4v) is 3.48. The predicted molar refractivity (Wildman–Crippen MR) is 70.8 cm³/mol. The van der Waals surface area contributed by atoms with Crippen molar-refractivity contribution in [1.29, 1.82) is 0 Å². The molecule has 0 fully saturated rings. The lowest BCUT2D eigenvalue weighted by molar-refractivity contribution is -0.132. The van der Waals surface area contributed by atoms with Crippen molar-refractivity contribution >= 4 is 16.5 Å². The Balaban J connectivity index is 2.07. The molecule has 1 unspecified atom stereocenters. The number of aryl methyl sites for hydroxylation is 1. The van der Waals surface area contributed by atoms with Gasteiger partial charge in [0.25, 0.3) is 0 Å². The Labute approximate surface area is 114 Å². The van der Waals surface area contributed by atoms with Gasteiger partial charge in [-0.25, -0.2) is 4.98 Å². The summed E-state index contributed by atoms with van der Waals surface area (Å²) in [5.41, 5.74) is 1.05. The number of hydrogen-bond donors (Lipinski definition) is 1. The molecule has 0 saturated heterocycles. The summed E-state index contributed by atoms with van der Waals surface area (Å²) in [5.74, 6) is 0. The van der Waals surface area contributed by atoms with Gasteiger partial charge >= 0.3 is 6.18 Å². The van der Waals surface area contributed by atoms with Crippen molar-refractivity contribution < 1.29 is 13.2 Å². The normalized spacial score (nSPS) is 19.3. The molecule has 0 spiro atoms. The van der Waals surface area contributed by atoms with Gasteiger partial charge in [0.15, 0.2) is 5.13 Å². The summed E-state index contributed by atoms with van der Waals surface area (Å²) in [4.78, 5) is 7.27. The SMILES string of the molecule is CNC1CCCc2nc(N(C)CCC(F)(F)F)sc21. The van der Waals surface area contributed by atoms with Gasteiger partial charge in [-0.1, -0.05) is 11.3 Å². The van der Waals surface area contributed by atoms with Crippen LogP contribution < -0.4 is 10.2 Å². The molecule has 1 heterocycles. The lowest BCUT2D eigenvalue weighted by Gasteiger charge is -2.19. The Bertz CT molecular complexity index is 430. The van der Waals surface area contributed by atoms with Crippen LogP contribution >= 0.6 is 11.3 Å². The number of nitrogens with one attached hydrogen (secondary N) is 1. The summed E-state index contributed by atoms with van der Waals surface area (Å²) in [6.45, 7) is -0.0416. The van der Waals surface area contributed by atoms with Crippen LogP contribution in [0.15, 0.2) is 0 Å². The van der Waals surface area contributed by atoms with E-state index in [1.54, 1.807) is 11.9 Å². The molecule has 1 aromatic rings. The molecule has 1 aromatic heterocycles. The van der Waals surface area contributed by atoms with E-state index in [0.717, 1.165) is 25.0 Å². The zero-order chi connectivity index (χ0) is 14.0. The first-order valence-corrected chi connectivity index (χ1v) is 7.17. The Morgan fingerprint density at radius 1 is 1.47 bits per heavy atom. The van der Waals surface area contributed by atoms with Crippen molar-refractivity contribution in [3.05, 3.63) is 10.6 Å². The zero-order valence-corrected chi connectivity index (χ0v) is 11.9. The molecule has 0 saturated carbocycles. The minimum Gasteiger partial charge on any atom is -0.351 e. The third-order valence-corrected chi connectivity index (χ3v) is 4.67. The number of aromatic nitrogens is 1. The van der Waals surface area contributed by atoms with E-state index < -0.39 is 12.6 Å². The number of halogens is 3. The molecule has 1 aliphatic carbocycles. The summed E-state index contributed by atoms with van der Waals surface area (Å²) in [5, 5.41) is 3.93. The molecule has 2 rings (SSSR count). The zero-order valence-electron chi connectivity index (χ0n) is 11.0. The summed E-state index contributed by atoms with van der Waals surface area (Å²) in [6.07, 6.45) is -1.84. The molecule has 0 bridgehead atoms. The quantitative estimate of drug-likeness (QED) is 0.924. The first-order chi connectivity index (χ1) is 8.90. The molecule has 0 aromatic carbocycles. The Hall–Kier alpha value is -0.820. The lowest BCUT2D eigenvalue weighted by atomic mass is 9.98. The van der Waals surface area contributed by atoms with E-state index in [-0.39, 0.29) is 6.54 Å². The van der Waals surface area contributed by atoms with Crippen molar-refractivity contribution in [2.45, 2.75) is 37.9 Å². The molecule has 108 valence electrons. The molecule has 3 nitrogen and oxygen atoms in total. The van der Waals surface area contributed by atoms with E-state index >= 15 is 0 Å². The number of thiazole rings is 1. The highest BCUT2D eigenvalue weighted by atomic mass is 32.1. The first-order valence-electron chi connectivity index (χ1n) is 6.35. The first kappa shape index (κ1) is 14.6. The molecule has 0 amide bonds. The maximum Gasteiger partial charge on any atom is 0.390 e. The predicted octanol–water partition coefficient (Wildman–Crippen LogP) is 3.13. The third kappa shape index (κ3) is 3.60. The second-order valence-corrected chi connectivity index (χ2v) is 5.84. The number of anilines is 1. The van der Waals surface area contributed by atoms with Crippen LogP contribution in [0.25, 0.3) is 0 Å². The molecule has 0 radical (unpaired) electrons. The van der Waals surface area contributed by atoms with Gasteiger partial charge in [0.05, 0.1) is 12.1 Å². The summed E-state index contributed by atoms with van der Waals surface area (Å²) >= 11 is 1.51. The van der Waals surface area contributed by atoms with Crippen LogP contribution in [0.2, 0.25) is 0 Å². The van der Waals surface area contributed by atoms with Crippen LogP contribution in [0.5, 0.6) is 0 Å². The highest BCUT2D eigenvalue weighted by molar-refractivity contribution is 7.15. The largest absolute Gasteiger partial charge is 0.390 e. The average molecular weight is 293 g/mol. The summed E-state index contributed by atoms with van der Waals surface area (Å²) < 4.78 is 36.7. The monoisotopic (exact) mass is 293 g/mol. The lowest BCUT2D eigenvalue weighted by Crippen LogP contribution is -2.23. The molecule has 1 N–H and O–H groups in total. The highest BCUT2D eigenvalue weighted by Gasteiger charge is 2.29. The van der Waals surface area contributed by atoms with Crippen molar-refractivity contribution in [1.82, 2.24) is 10.3 Å². The fourth-order valence-electron chi connectivity index (χ4n) is 2.24. The van der Waals surface area contributed by atoms with E-state index in [0.29, 0.717) is 11.2 Å². The number of alkyl halides is 3. The van der Waals surface area contributed by atoms with Crippen molar-refractivity contribution in [2.24, 2.45) is 0 Å². The van der Waals surface area contributed by atoms with Gasteiger partial charge in [0.1, 0.15) is 0 Å². The van der Waals surface area contributed by atoms with E-state index in [4.69, 9.17) is 0 Å². The van der Waals surface area contributed by atoms with Gasteiger partial charge in [-0.2, -0.15) is 13.2 Å². The third-order valence-electron chi connectivity index (χ3n) is 3.34. The molecule has 1 atom stereocenters. The second-order valence-electron chi connectivity index (χ2n) is 4.83. The average Bonchev–Trinajstić information content (AvgIpc) is 2.78. The van der Waals surface area contributed by atoms with Gasteiger partial charge in [0.2, 0.25) is 0 Å². The molecule has 1 aliphatic rings. The number of hydrogen-bond acceptors (Lipinski definition) is 4. The smallest absolute Gasteiger partial charge is 0.351 e. The molecular weight excluding hydrogens is 275 g/mol. The standard InChI is InChI=1S/C12H18F3N3S/c1-16-8-4-3-5-9-10(8)19-11(17-9)18(2)7-6-12(13,14)15/h8,16H,3-7H2,1-2H3. The minimum atomic E-state index is -4.11. The van der Waals surface area contributed by atoms with Gasteiger partial charge in [0, 0.05) is 24.5 Å². The van der Waals surface area contributed by atoms with Crippen molar-refractivity contribution in [3.8, 4) is 0 Å². The summed E-state index contributed by atoms with van der Waals surface area (Å²) in [7, 11) is 3.58.